The van der Waals surface area contributed by atoms with Crippen LogP contribution in [0.2, 0.25) is 0 Å². The Labute approximate surface area is 161 Å². The second-order valence-corrected chi connectivity index (χ2v) is 8.56. The minimum absolute atomic E-state index is 0.0964. The number of benzene rings is 1. The minimum Gasteiger partial charge on any atom is -0.496 e. The predicted molar refractivity (Wildman–Crippen MR) is 97.3 cm³/mol. The Hall–Kier alpha value is -2.06. The van der Waals surface area contributed by atoms with Crippen molar-refractivity contribution in [3.8, 4) is 5.75 Å². The van der Waals surface area contributed by atoms with E-state index in [9.17, 15) is 18.0 Å². The Morgan fingerprint density at radius 1 is 1.14 bits per heavy atom. The molecule has 1 fully saturated rings. The number of ketones is 1. The van der Waals surface area contributed by atoms with Gasteiger partial charge in [-0.05, 0) is 17.9 Å². The van der Waals surface area contributed by atoms with Gasteiger partial charge in [0.05, 0.1) is 13.3 Å². The van der Waals surface area contributed by atoms with Crippen LogP contribution in [0.1, 0.15) is 38.2 Å². The molecule has 0 bridgehead atoms. The molecule has 0 radical (unpaired) electrons. The highest BCUT2D eigenvalue weighted by Crippen LogP contribution is 2.51. The molecule has 4 rings (SSSR count). The first-order valence-corrected chi connectivity index (χ1v) is 9.36. The largest absolute Gasteiger partial charge is 0.496 e. The first-order valence-electron chi connectivity index (χ1n) is 9.36. The van der Waals surface area contributed by atoms with Crippen molar-refractivity contribution in [2.45, 2.75) is 51.0 Å². The molecular weight excluding hydrogens is 371 g/mol. The number of methoxy groups -OCH3 is 1. The number of Topliss-reactive ketones (excluding diaryl/α,β-unsaturated/α-hetero) is 1. The number of hydrogen-bond donors (Lipinski definition) is 3. The molecule has 0 spiro atoms. The normalized spacial score (nSPS) is 31.9. The van der Waals surface area contributed by atoms with E-state index in [0.717, 1.165) is 5.70 Å². The van der Waals surface area contributed by atoms with Gasteiger partial charge in [0.25, 0.3) is 0 Å². The molecule has 5 nitrogen and oxygen atoms in total. The third-order valence-electron chi connectivity index (χ3n) is 5.94. The smallest absolute Gasteiger partial charge is 0.405 e. The summed E-state index contributed by atoms with van der Waals surface area (Å²) in [4.78, 5) is 13.1. The molecule has 4 atom stereocenters. The Morgan fingerprint density at radius 2 is 1.86 bits per heavy atom. The van der Waals surface area contributed by atoms with Crippen LogP contribution in [0.4, 0.5) is 13.2 Å². The van der Waals surface area contributed by atoms with E-state index in [4.69, 9.17) is 4.74 Å². The van der Waals surface area contributed by atoms with Crippen LogP contribution in [0.5, 0.6) is 5.75 Å². The summed E-state index contributed by atoms with van der Waals surface area (Å²) in [5.74, 6) is -1.23. The lowest BCUT2D eigenvalue weighted by molar-refractivity contribution is -0.164. The maximum Gasteiger partial charge on any atom is 0.405 e. The van der Waals surface area contributed by atoms with Crippen LogP contribution >= 0.6 is 0 Å². The van der Waals surface area contributed by atoms with Gasteiger partial charge < -0.3 is 10.1 Å². The minimum atomic E-state index is -4.45. The summed E-state index contributed by atoms with van der Waals surface area (Å²) in [5.41, 5.74) is 6.73. The number of para-hydroxylation sites is 1. The second kappa shape index (κ2) is 6.49. The Morgan fingerprint density at radius 3 is 2.54 bits per heavy atom. The molecule has 8 heteroatoms. The van der Waals surface area contributed by atoms with E-state index in [2.05, 4.69) is 16.2 Å². The maximum atomic E-state index is 13.8. The number of hydrazine groups is 1. The molecule has 1 aromatic rings. The molecule has 1 aromatic carbocycles. The molecule has 3 N–H and O–H groups in total. The van der Waals surface area contributed by atoms with Crippen molar-refractivity contribution >= 4 is 5.78 Å². The molecular formula is C20H24F3N3O2. The van der Waals surface area contributed by atoms with E-state index >= 15 is 0 Å². The van der Waals surface area contributed by atoms with Gasteiger partial charge in [-0.25, -0.2) is 10.9 Å². The number of halogens is 3. The fourth-order valence-corrected chi connectivity index (χ4v) is 4.87. The van der Waals surface area contributed by atoms with Crippen LogP contribution in [0.15, 0.2) is 35.5 Å². The number of rotatable bonds is 2. The first kappa shape index (κ1) is 19.3. The van der Waals surface area contributed by atoms with Crippen LogP contribution in [0.3, 0.4) is 0 Å². The number of allylic oxidation sites excluding steroid dienone is 2. The number of carbonyl (C=O) groups excluding carboxylic acids is 1. The summed E-state index contributed by atoms with van der Waals surface area (Å²) in [7, 11) is 1.49. The van der Waals surface area contributed by atoms with E-state index in [1.165, 1.54) is 7.11 Å². The van der Waals surface area contributed by atoms with Gasteiger partial charge in [0.1, 0.15) is 11.8 Å². The van der Waals surface area contributed by atoms with E-state index in [0.29, 0.717) is 29.7 Å². The number of carbonyl (C=O) groups is 1. The highest BCUT2D eigenvalue weighted by atomic mass is 19.4. The highest BCUT2D eigenvalue weighted by molar-refractivity contribution is 5.99. The molecule has 0 saturated carbocycles. The highest BCUT2D eigenvalue weighted by Gasteiger charge is 2.58. The third-order valence-corrected chi connectivity index (χ3v) is 5.94. The molecule has 152 valence electrons. The molecule has 28 heavy (non-hydrogen) atoms. The first-order chi connectivity index (χ1) is 13.1. The number of ether oxygens (including phenoxy) is 1. The molecule has 1 saturated heterocycles. The van der Waals surface area contributed by atoms with Crippen molar-refractivity contribution in [1.82, 2.24) is 16.2 Å². The van der Waals surface area contributed by atoms with Crippen molar-refractivity contribution in [3.05, 3.63) is 41.1 Å². The lowest BCUT2D eigenvalue weighted by atomic mass is 9.65. The SMILES string of the molecule is COc1ccccc1[C@@H]1C2=C(CC(C)(C)CC2=O)NC2NNC(C(F)(F)F)C21. The Kier molecular flexibility index (Phi) is 4.46. The number of hydrogen-bond acceptors (Lipinski definition) is 5. The average Bonchev–Trinajstić information content (AvgIpc) is 3.02. The number of fused-ring (bicyclic) bond motifs is 1. The van der Waals surface area contributed by atoms with Crippen molar-refractivity contribution in [2.24, 2.45) is 11.3 Å². The van der Waals surface area contributed by atoms with Gasteiger partial charge in [-0.2, -0.15) is 13.2 Å². The van der Waals surface area contributed by atoms with E-state index in [1.807, 2.05) is 13.8 Å². The zero-order valence-corrected chi connectivity index (χ0v) is 16.0. The molecule has 1 aliphatic carbocycles. The van der Waals surface area contributed by atoms with Gasteiger partial charge in [-0.15, -0.1) is 0 Å². The number of nitrogens with one attached hydrogen (secondary N) is 3. The van der Waals surface area contributed by atoms with Crippen LogP contribution in [0.25, 0.3) is 0 Å². The van der Waals surface area contributed by atoms with Crippen molar-refractivity contribution in [1.29, 1.82) is 0 Å². The van der Waals surface area contributed by atoms with Crippen LogP contribution < -0.4 is 20.9 Å². The zero-order chi connectivity index (χ0) is 20.3. The number of alkyl halides is 3. The topological polar surface area (TPSA) is 62.4 Å². The van der Waals surface area contributed by atoms with Gasteiger partial charge in [0.15, 0.2) is 5.78 Å². The molecule has 0 aromatic heterocycles. The second-order valence-electron chi connectivity index (χ2n) is 8.56. The summed E-state index contributed by atoms with van der Waals surface area (Å²) >= 11 is 0. The quantitative estimate of drug-likeness (QED) is 0.719. The van der Waals surface area contributed by atoms with Crippen molar-refractivity contribution in [2.75, 3.05) is 7.11 Å². The Balaban J connectivity index is 1.90. The third kappa shape index (κ3) is 3.08. The van der Waals surface area contributed by atoms with Crippen molar-refractivity contribution < 1.29 is 22.7 Å². The van der Waals surface area contributed by atoms with Crippen LogP contribution in [-0.2, 0) is 4.79 Å². The molecule has 2 heterocycles. The summed E-state index contributed by atoms with van der Waals surface area (Å²) in [6.07, 6.45) is -4.17. The summed E-state index contributed by atoms with van der Waals surface area (Å²) in [6, 6.07) is 5.24. The standard InChI is InChI=1S/C20H24F3N3O2/c1-19(2)8-11-15(12(27)9-19)14(10-6-4-5-7-13(10)28-3)16-17(20(21,22)23)25-26-18(16)24-11/h4-7,14,16-18,24-26H,8-9H2,1-3H3/t14-,16?,17?,18?/m1/s1. The van der Waals surface area contributed by atoms with Gasteiger partial charge in [0.2, 0.25) is 0 Å². The predicted octanol–water partition coefficient (Wildman–Crippen LogP) is 3.01. The lowest BCUT2D eigenvalue weighted by Crippen LogP contribution is -2.53. The summed E-state index contributed by atoms with van der Waals surface area (Å²) in [6.45, 7) is 4.00. The van der Waals surface area contributed by atoms with E-state index < -0.39 is 30.2 Å². The fraction of sp³-hybridized carbons (Fsp3) is 0.550. The summed E-state index contributed by atoms with van der Waals surface area (Å²) < 4.78 is 46.8. The van der Waals surface area contributed by atoms with Gasteiger partial charge in [-0.1, -0.05) is 32.0 Å². The molecule has 0 amide bonds. The summed E-state index contributed by atoms with van der Waals surface area (Å²) in [5, 5.41) is 3.19. The molecule has 3 unspecified atom stereocenters. The average molecular weight is 395 g/mol. The van der Waals surface area contributed by atoms with E-state index in [-0.39, 0.29) is 11.2 Å². The monoisotopic (exact) mass is 395 g/mol. The zero-order valence-electron chi connectivity index (χ0n) is 16.0. The maximum absolute atomic E-state index is 13.8. The van der Waals surface area contributed by atoms with Gasteiger partial charge in [-0.3, -0.25) is 4.79 Å². The van der Waals surface area contributed by atoms with Crippen molar-refractivity contribution in [3.63, 3.8) is 0 Å². The molecule has 2 aliphatic heterocycles. The van der Waals surface area contributed by atoms with Crippen LogP contribution in [0, 0.1) is 11.3 Å². The molecule has 3 aliphatic rings. The Bertz CT molecular complexity index is 834. The van der Waals surface area contributed by atoms with Gasteiger partial charge in [0, 0.05) is 35.1 Å². The van der Waals surface area contributed by atoms with Crippen LogP contribution in [-0.4, -0.2) is 31.3 Å². The van der Waals surface area contributed by atoms with Gasteiger partial charge >= 0.3 is 6.18 Å². The van der Waals surface area contributed by atoms with E-state index in [1.54, 1.807) is 24.3 Å². The fourth-order valence-electron chi connectivity index (χ4n) is 4.87. The lowest BCUT2D eigenvalue weighted by Gasteiger charge is -2.44.